The Labute approximate surface area is 159 Å². The molecule has 0 radical (unpaired) electrons. The topological polar surface area (TPSA) is 85.2 Å². The Morgan fingerprint density at radius 3 is 2.79 bits per heavy atom. The molecule has 1 N–H and O–H groups in total. The molecule has 3 heterocycles. The predicted octanol–water partition coefficient (Wildman–Crippen LogP) is 3.73. The Hall–Kier alpha value is -4.00. The summed E-state index contributed by atoms with van der Waals surface area (Å²) in [5.41, 5.74) is 2.83. The molecule has 3 aromatic heterocycles. The Balaban J connectivity index is 1.68. The van der Waals surface area contributed by atoms with Crippen molar-refractivity contribution in [2.45, 2.75) is 6.92 Å². The van der Waals surface area contributed by atoms with Gasteiger partial charge >= 0.3 is 0 Å². The van der Waals surface area contributed by atoms with E-state index in [2.05, 4.69) is 20.3 Å². The van der Waals surface area contributed by atoms with Gasteiger partial charge in [0.2, 0.25) is 0 Å². The first-order valence-electron chi connectivity index (χ1n) is 8.75. The molecule has 136 valence electrons. The van der Waals surface area contributed by atoms with Crippen LogP contribution in [0.3, 0.4) is 0 Å². The van der Waals surface area contributed by atoms with Crippen LogP contribution in [0.1, 0.15) is 5.69 Å². The van der Waals surface area contributed by atoms with Gasteiger partial charge in [0, 0.05) is 17.0 Å². The van der Waals surface area contributed by atoms with Crippen molar-refractivity contribution < 1.29 is 4.74 Å². The molecule has 0 aliphatic heterocycles. The molecule has 28 heavy (non-hydrogen) atoms. The number of benzene rings is 2. The van der Waals surface area contributed by atoms with Crippen molar-refractivity contribution in [2.24, 2.45) is 0 Å². The Morgan fingerprint density at radius 1 is 1.07 bits per heavy atom. The van der Waals surface area contributed by atoms with E-state index in [1.807, 2.05) is 61.7 Å². The largest absolute Gasteiger partial charge is 0.453 e. The number of hydrogen-bond acceptors (Lipinski definition) is 5. The van der Waals surface area contributed by atoms with Crippen LogP contribution in [0.2, 0.25) is 0 Å². The van der Waals surface area contributed by atoms with Crippen molar-refractivity contribution in [3.05, 3.63) is 83.0 Å². The van der Waals surface area contributed by atoms with E-state index in [-0.39, 0.29) is 5.56 Å². The molecule has 0 spiro atoms. The average Bonchev–Trinajstić information content (AvgIpc) is 3.09. The number of aromatic nitrogens is 5. The number of aromatic amines is 1. The molecule has 0 amide bonds. The van der Waals surface area contributed by atoms with E-state index >= 15 is 0 Å². The molecule has 0 aliphatic rings. The summed E-state index contributed by atoms with van der Waals surface area (Å²) in [5.74, 6) is 1.32. The number of imidazole rings is 1. The van der Waals surface area contributed by atoms with Gasteiger partial charge in [-0.2, -0.15) is 10.2 Å². The fourth-order valence-corrected chi connectivity index (χ4v) is 3.15. The number of fused-ring (bicyclic) bond motifs is 2. The normalized spacial score (nSPS) is 11.2. The number of aryl methyl sites for hydroxylation is 1. The van der Waals surface area contributed by atoms with Crippen molar-refractivity contribution in [2.75, 3.05) is 0 Å². The first-order chi connectivity index (χ1) is 13.7. The van der Waals surface area contributed by atoms with Crippen LogP contribution in [0.25, 0.3) is 27.7 Å². The van der Waals surface area contributed by atoms with Gasteiger partial charge in [-0.05, 0) is 31.2 Å². The summed E-state index contributed by atoms with van der Waals surface area (Å²) in [5, 5.41) is 12.3. The highest BCUT2D eigenvalue weighted by molar-refractivity contribution is 5.85. The zero-order valence-electron chi connectivity index (χ0n) is 15.0. The molecule has 0 saturated heterocycles. The standard InChI is InChI=1S/C21H15N5O2/c1-13-12-26-20(23-13)19(28-16-5-3-2-4-6-16)10-18(25-26)14-7-8-17-15(9-14)11-22-24-21(17)27/h2-12H,1H3,(H,24,27). The van der Waals surface area contributed by atoms with E-state index in [0.717, 1.165) is 22.4 Å². The SMILES string of the molecule is Cc1cn2nc(-c3ccc4c(=O)[nH]ncc4c3)cc(Oc3ccccc3)c2n1. The van der Waals surface area contributed by atoms with Gasteiger partial charge in [-0.25, -0.2) is 14.6 Å². The molecule has 0 saturated carbocycles. The lowest BCUT2D eigenvalue weighted by Gasteiger charge is -2.09. The maximum Gasteiger partial charge on any atom is 0.272 e. The van der Waals surface area contributed by atoms with Gasteiger partial charge in [-0.1, -0.05) is 24.3 Å². The minimum Gasteiger partial charge on any atom is -0.453 e. The molecule has 0 unspecified atom stereocenters. The third-order valence-electron chi connectivity index (χ3n) is 4.44. The van der Waals surface area contributed by atoms with Gasteiger partial charge in [0.25, 0.3) is 5.56 Å². The summed E-state index contributed by atoms with van der Waals surface area (Å²) in [7, 11) is 0. The molecule has 7 nitrogen and oxygen atoms in total. The third-order valence-corrected chi connectivity index (χ3v) is 4.44. The molecular formula is C21H15N5O2. The second kappa shape index (κ2) is 6.31. The van der Waals surface area contributed by atoms with Crippen LogP contribution in [0.4, 0.5) is 0 Å². The van der Waals surface area contributed by atoms with Gasteiger partial charge in [0.15, 0.2) is 11.4 Å². The second-order valence-electron chi connectivity index (χ2n) is 6.46. The van der Waals surface area contributed by atoms with Crippen LogP contribution in [0.15, 0.2) is 71.8 Å². The van der Waals surface area contributed by atoms with Crippen LogP contribution in [-0.4, -0.2) is 24.8 Å². The highest BCUT2D eigenvalue weighted by Gasteiger charge is 2.13. The Morgan fingerprint density at radius 2 is 1.93 bits per heavy atom. The molecule has 0 fully saturated rings. The van der Waals surface area contributed by atoms with E-state index in [4.69, 9.17) is 4.74 Å². The van der Waals surface area contributed by atoms with Crippen LogP contribution < -0.4 is 10.3 Å². The summed E-state index contributed by atoms with van der Waals surface area (Å²) in [6.07, 6.45) is 3.48. The van der Waals surface area contributed by atoms with Crippen LogP contribution in [0, 0.1) is 6.92 Å². The lowest BCUT2D eigenvalue weighted by atomic mass is 10.1. The monoisotopic (exact) mass is 369 g/mol. The maximum atomic E-state index is 11.9. The van der Waals surface area contributed by atoms with Gasteiger partial charge in [0.1, 0.15) is 5.75 Å². The van der Waals surface area contributed by atoms with Gasteiger partial charge in [-0.3, -0.25) is 4.79 Å². The lowest BCUT2D eigenvalue weighted by Crippen LogP contribution is -2.07. The molecule has 7 heteroatoms. The quantitative estimate of drug-likeness (QED) is 0.524. The number of para-hydroxylation sites is 1. The molecule has 0 bridgehead atoms. The fourth-order valence-electron chi connectivity index (χ4n) is 3.15. The van der Waals surface area contributed by atoms with Crippen LogP contribution >= 0.6 is 0 Å². The van der Waals surface area contributed by atoms with Crippen molar-refractivity contribution in [1.82, 2.24) is 24.8 Å². The predicted molar refractivity (Wildman–Crippen MR) is 106 cm³/mol. The fraction of sp³-hybridized carbons (Fsp3) is 0.0476. The number of ether oxygens (including phenoxy) is 1. The molecular weight excluding hydrogens is 354 g/mol. The Kier molecular flexibility index (Phi) is 3.65. The van der Waals surface area contributed by atoms with Gasteiger partial charge < -0.3 is 4.74 Å². The van der Waals surface area contributed by atoms with E-state index in [1.54, 1.807) is 16.8 Å². The lowest BCUT2D eigenvalue weighted by molar-refractivity contribution is 0.483. The van der Waals surface area contributed by atoms with Crippen molar-refractivity contribution in [3.63, 3.8) is 0 Å². The zero-order valence-corrected chi connectivity index (χ0v) is 15.0. The number of hydrogen-bond donors (Lipinski definition) is 1. The Bertz CT molecular complexity index is 1370. The van der Waals surface area contributed by atoms with E-state index in [0.29, 0.717) is 22.5 Å². The summed E-state index contributed by atoms with van der Waals surface area (Å²) in [6, 6.07) is 16.9. The smallest absolute Gasteiger partial charge is 0.272 e. The summed E-state index contributed by atoms with van der Waals surface area (Å²) in [6.45, 7) is 1.91. The van der Waals surface area contributed by atoms with Crippen LogP contribution in [-0.2, 0) is 0 Å². The first kappa shape index (κ1) is 16.2. The van der Waals surface area contributed by atoms with Crippen LogP contribution in [0.5, 0.6) is 11.5 Å². The highest BCUT2D eigenvalue weighted by Crippen LogP contribution is 2.30. The third kappa shape index (κ3) is 2.79. The average molecular weight is 369 g/mol. The minimum absolute atomic E-state index is 0.217. The molecule has 0 aliphatic carbocycles. The number of rotatable bonds is 3. The number of nitrogens with one attached hydrogen (secondary N) is 1. The molecule has 5 rings (SSSR count). The molecule has 0 atom stereocenters. The van der Waals surface area contributed by atoms with Crippen molar-refractivity contribution in [1.29, 1.82) is 0 Å². The first-order valence-corrected chi connectivity index (χ1v) is 8.75. The zero-order chi connectivity index (χ0) is 19.1. The minimum atomic E-state index is -0.217. The van der Waals surface area contributed by atoms with Gasteiger partial charge in [0.05, 0.1) is 29.2 Å². The highest BCUT2D eigenvalue weighted by atomic mass is 16.5. The van der Waals surface area contributed by atoms with E-state index in [9.17, 15) is 4.79 Å². The molecule has 5 aromatic rings. The summed E-state index contributed by atoms with van der Waals surface area (Å²) in [4.78, 5) is 16.4. The second-order valence-corrected chi connectivity index (χ2v) is 6.46. The van der Waals surface area contributed by atoms with Crippen molar-refractivity contribution >= 4 is 16.4 Å². The van der Waals surface area contributed by atoms with E-state index < -0.39 is 0 Å². The summed E-state index contributed by atoms with van der Waals surface area (Å²) >= 11 is 0. The maximum absolute atomic E-state index is 11.9. The van der Waals surface area contributed by atoms with E-state index in [1.165, 1.54) is 0 Å². The van der Waals surface area contributed by atoms with Gasteiger partial charge in [-0.15, -0.1) is 0 Å². The summed E-state index contributed by atoms with van der Waals surface area (Å²) < 4.78 is 7.79. The van der Waals surface area contributed by atoms with Crippen molar-refractivity contribution in [3.8, 4) is 22.8 Å². The number of H-pyrrole nitrogens is 1. The number of nitrogens with zero attached hydrogens (tertiary/aromatic N) is 4. The molecule has 2 aromatic carbocycles.